The van der Waals surface area contributed by atoms with Crippen molar-refractivity contribution in [1.29, 1.82) is 0 Å². The molecule has 27 heavy (non-hydrogen) atoms. The summed E-state index contributed by atoms with van der Waals surface area (Å²) in [6, 6.07) is 2.47. The van der Waals surface area contributed by atoms with E-state index < -0.39 is 12.1 Å². The molecule has 0 bridgehead atoms. The number of amides is 1. The zero-order chi connectivity index (χ0) is 20.0. The zero-order valence-corrected chi connectivity index (χ0v) is 17.5. The minimum atomic E-state index is -0.897. The molecule has 1 aromatic carbocycles. The predicted octanol–water partition coefficient (Wildman–Crippen LogP) is 2.20. The molecule has 1 aromatic heterocycles. The van der Waals surface area contributed by atoms with Gasteiger partial charge in [-0.25, -0.2) is 4.98 Å². The van der Waals surface area contributed by atoms with Gasteiger partial charge >= 0.3 is 0 Å². The first kappa shape index (κ1) is 21.8. The second kappa shape index (κ2) is 10.2. The Bertz CT molecular complexity index is 856. The normalized spacial score (nSPS) is 13.5. The van der Waals surface area contributed by atoms with Gasteiger partial charge in [-0.2, -0.15) is 0 Å². The van der Waals surface area contributed by atoms with E-state index in [9.17, 15) is 14.7 Å². The van der Waals surface area contributed by atoms with Gasteiger partial charge in [-0.3, -0.25) is 14.2 Å². The highest BCUT2D eigenvalue weighted by atomic mass is 79.9. The molecule has 7 nitrogen and oxygen atoms in total. The summed E-state index contributed by atoms with van der Waals surface area (Å²) < 4.78 is 2.30. The molecule has 9 heteroatoms. The number of nitrogens with zero attached hydrogens (tertiary/aromatic N) is 2. The van der Waals surface area contributed by atoms with Crippen molar-refractivity contribution in [3.8, 4) is 0 Å². The molecule has 1 heterocycles. The molecule has 2 rings (SSSR count). The first-order valence-corrected chi connectivity index (χ1v) is 10.0. The number of aryl methyl sites for hydroxylation is 1. The number of hydrogen-bond donors (Lipinski definition) is 3. The molecular weight excluding hydrogens is 436 g/mol. The van der Waals surface area contributed by atoms with Crippen LogP contribution in [0.15, 0.2) is 27.7 Å². The summed E-state index contributed by atoms with van der Waals surface area (Å²) in [6.45, 7) is 2.58. The number of benzene rings is 1. The number of carbonyl (C=O) groups excluding carboxylic acids is 1. The molecule has 0 radical (unpaired) electrons. The predicted molar refractivity (Wildman–Crippen MR) is 110 cm³/mol. The third-order valence-electron chi connectivity index (χ3n) is 4.31. The van der Waals surface area contributed by atoms with Crippen LogP contribution in [0, 0.1) is 0 Å². The van der Waals surface area contributed by atoms with Gasteiger partial charge in [-0.05, 0) is 47.8 Å². The van der Waals surface area contributed by atoms with Crippen LogP contribution < -0.4 is 16.6 Å². The van der Waals surface area contributed by atoms with Crippen LogP contribution in [-0.4, -0.2) is 39.3 Å². The molecule has 4 N–H and O–H groups in total. The molecule has 0 spiro atoms. The minimum Gasteiger partial charge on any atom is -0.391 e. The number of halogens is 2. The monoisotopic (exact) mass is 458 g/mol. The maximum absolute atomic E-state index is 12.5. The molecule has 148 valence electrons. The number of nitrogens with two attached hydrogens (primary N) is 1. The molecule has 1 amide bonds. The molecule has 0 fully saturated rings. The summed E-state index contributed by atoms with van der Waals surface area (Å²) >= 11 is 9.40. The van der Waals surface area contributed by atoms with Crippen LogP contribution >= 0.6 is 27.5 Å². The van der Waals surface area contributed by atoms with Gasteiger partial charge in [0.15, 0.2) is 0 Å². The van der Waals surface area contributed by atoms with Crippen molar-refractivity contribution in [3.63, 3.8) is 0 Å². The molecule has 2 atom stereocenters. The summed E-state index contributed by atoms with van der Waals surface area (Å²) in [7, 11) is 0. The van der Waals surface area contributed by atoms with Crippen molar-refractivity contribution >= 4 is 44.3 Å². The number of rotatable bonds is 9. The lowest BCUT2D eigenvalue weighted by Crippen LogP contribution is -2.47. The lowest BCUT2D eigenvalue weighted by molar-refractivity contribution is -0.124. The number of fused-ring (bicyclic) bond motifs is 1. The van der Waals surface area contributed by atoms with Gasteiger partial charge in [0.05, 0.1) is 28.4 Å². The van der Waals surface area contributed by atoms with Crippen molar-refractivity contribution in [1.82, 2.24) is 14.9 Å². The van der Waals surface area contributed by atoms with Crippen LogP contribution in [0.5, 0.6) is 0 Å². The maximum atomic E-state index is 12.5. The zero-order valence-electron chi connectivity index (χ0n) is 15.1. The van der Waals surface area contributed by atoms with E-state index in [0.717, 1.165) is 25.7 Å². The molecule has 0 aliphatic carbocycles. The summed E-state index contributed by atoms with van der Waals surface area (Å²) in [5.41, 5.74) is 6.05. The summed E-state index contributed by atoms with van der Waals surface area (Å²) in [5, 5.41) is 13.0. The Hall–Kier alpha value is -1.48. The van der Waals surface area contributed by atoms with Crippen LogP contribution in [0.1, 0.15) is 32.6 Å². The molecular formula is C18H24BrClN4O3. The fourth-order valence-corrected chi connectivity index (χ4v) is 3.12. The van der Waals surface area contributed by atoms with E-state index in [1.165, 1.54) is 6.92 Å². The van der Waals surface area contributed by atoms with E-state index in [1.54, 1.807) is 23.0 Å². The Balaban J connectivity index is 1.76. The van der Waals surface area contributed by atoms with Crippen molar-refractivity contribution in [3.05, 3.63) is 38.3 Å². The fraction of sp³-hybridized carbons (Fsp3) is 0.500. The third-order valence-corrected chi connectivity index (χ3v) is 5.51. The third kappa shape index (κ3) is 6.00. The topological polar surface area (TPSA) is 110 Å². The Morgan fingerprint density at radius 3 is 2.78 bits per heavy atom. The SMILES string of the molecule is C[C@@H](O)[C@H](N)C(=O)NCCCCCCn1cnc2cc(Br)c(Cl)cc2c1=O. The van der Waals surface area contributed by atoms with Crippen molar-refractivity contribution in [2.45, 2.75) is 51.3 Å². The molecule has 2 aromatic rings. The second-order valence-corrected chi connectivity index (χ2v) is 7.76. The average Bonchev–Trinajstić information content (AvgIpc) is 2.63. The molecule has 0 unspecified atom stereocenters. The van der Waals surface area contributed by atoms with Crippen molar-refractivity contribution in [2.75, 3.05) is 6.54 Å². The van der Waals surface area contributed by atoms with E-state index in [4.69, 9.17) is 17.3 Å². The number of carbonyl (C=O) groups is 1. The Morgan fingerprint density at radius 2 is 2.07 bits per heavy atom. The largest absolute Gasteiger partial charge is 0.391 e. The van der Waals surface area contributed by atoms with Gasteiger partial charge in [-0.1, -0.05) is 24.4 Å². The van der Waals surface area contributed by atoms with Gasteiger partial charge in [0.2, 0.25) is 5.91 Å². The van der Waals surface area contributed by atoms with E-state index >= 15 is 0 Å². The highest BCUT2D eigenvalue weighted by Gasteiger charge is 2.17. The standard InChI is InChI=1S/C18H24BrClN4O3/c1-11(25)16(21)17(26)22-6-4-2-3-5-7-24-10-23-15-9-13(19)14(20)8-12(15)18(24)27/h8-11,16,25H,2-7,21H2,1H3,(H,22,26)/t11-,16+/m1/s1. The minimum absolute atomic E-state index is 0.103. The van der Waals surface area contributed by atoms with Gasteiger partial charge in [0.1, 0.15) is 6.04 Å². The Labute approximate surface area is 171 Å². The quantitative estimate of drug-likeness (QED) is 0.498. The van der Waals surface area contributed by atoms with E-state index in [1.807, 2.05) is 0 Å². The molecule has 0 saturated carbocycles. The highest BCUT2D eigenvalue weighted by molar-refractivity contribution is 9.10. The Kier molecular flexibility index (Phi) is 8.22. The Morgan fingerprint density at radius 1 is 1.37 bits per heavy atom. The van der Waals surface area contributed by atoms with Gasteiger partial charge in [-0.15, -0.1) is 0 Å². The van der Waals surface area contributed by atoms with Gasteiger partial charge in [0, 0.05) is 17.6 Å². The molecule has 0 saturated heterocycles. The van der Waals surface area contributed by atoms with E-state index in [0.29, 0.717) is 33.5 Å². The number of unbranched alkanes of at least 4 members (excludes halogenated alkanes) is 3. The number of aromatic nitrogens is 2. The highest BCUT2D eigenvalue weighted by Crippen LogP contribution is 2.25. The van der Waals surface area contributed by atoms with Crippen LogP contribution in [0.25, 0.3) is 10.9 Å². The maximum Gasteiger partial charge on any atom is 0.261 e. The average molecular weight is 460 g/mol. The van der Waals surface area contributed by atoms with Gasteiger partial charge in [0.25, 0.3) is 5.56 Å². The summed E-state index contributed by atoms with van der Waals surface area (Å²) in [5.74, 6) is -0.343. The second-order valence-electron chi connectivity index (χ2n) is 6.50. The van der Waals surface area contributed by atoms with Gasteiger partial charge < -0.3 is 16.2 Å². The van der Waals surface area contributed by atoms with E-state index in [-0.39, 0.29) is 11.5 Å². The number of nitrogens with one attached hydrogen (secondary N) is 1. The lowest BCUT2D eigenvalue weighted by Gasteiger charge is -2.14. The number of aliphatic hydroxyl groups excluding tert-OH is 1. The summed E-state index contributed by atoms with van der Waals surface area (Å²) in [4.78, 5) is 28.4. The van der Waals surface area contributed by atoms with Crippen LogP contribution in [0.2, 0.25) is 5.02 Å². The smallest absolute Gasteiger partial charge is 0.261 e. The number of aliphatic hydroxyl groups is 1. The van der Waals surface area contributed by atoms with Crippen LogP contribution in [0.3, 0.4) is 0 Å². The molecule has 0 aliphatic rings. The fourth-order valence-electron chi connectivity index (χ4n) is 2.62. The first-order chi connectivity index (χ1) is 12.8. The number of hydrogen-bond acceptors (Lipinski definition) is 5. The lowest BCUT2D eigenvalue weighted by atomic mass is 10.1. The summed E-state index contributed by atoms with van der Waals surface area (Å²) in [6.07, 6.45) is 4.17. The van der Waals surface area contributed by atoms with Crippen molar-refractivity contribution in [2.24, 2.45) is 5.73 Å². The van der Waals surface area contributed by atoms with E-state index in [2.05, 4.69) is 26.2 Å². The van der Waals surface area contributed by atoms with Crippen molar-refractivity contribution < 1.29 is 9.90 Å². The van der Waals surface area contributed by atoms with Crippen LogP contribution in [-0.2, 0) is 11.3 Å². The first-order valence-electron chi connectivity index (χ1n) is 8.87. The van der Waals surface area contributed by atoms with Crippen LogP contribution in [0.4, 0.5) is 0 Å². The molecule has 0 aliphatic heterocycles.